The minimum absolute atomic E-state index is 0.391. The third kappa shape index (κ3) is 2.19. The molecule has 2 nitrogen and oxygen atoms in total. The predicted molar refractivity (Wildman–Crippen MR) is 45.7 cm³/mol. The lowest BCUT2D eigenvalue weighted by Crippen LogP contribution is -2.36. The van der Waals surface area contributed by atoms with Crippen LogP contribution in [-0.4, -0.2) is 16.7 Å². The predicted octanol–water partition coefficient (Wildman–Crippen LogP) is 1.06. The average Bonchev–Trinajstić information content (AvgIpc) is 1.88. The highest BCUT2D eigenvalue weighted by Crippen LogP contribution is 2.27. The molecule has 0 aromatic rings. The molecule has 0 saturated heterocycles. The van der Waals surface area contributed by atoms with E-state index in [1.807, 2.05) is 6.92 Å². The zero-order chi connectivity index (χ0) is 7.61. The van der Waals surface area contributed by atoms with Gasteiger partial charge in [-0.05, 0) is 32.6 Å². The Morgan fingerprint density at radius 2 is 2.00 bits per heavy atom. The van der Waals surface area contributed by atoms with Crippen LogP contribution in [0.25, 0.3) is 0 Å². The lowest BCUT2D eigenvalue weighted by molar-refractivity contribution is 0.0166. The molecule has 0 amide bonds. The summed E-state index contributed by atoms with van der Waals surface area (Å²) in [5.41, 5.74) is -0.391. The van der Waals surface area contributed by atoms with Crippen LogP contribution in [0.15, 0.2) is 0 Å². The van der Waals surface area contributed by atoms with Crippen LogP contribution in [-0.2, 0) is 0 Å². The molecular weight excluding hydrogens is 145 g/mol. The number of hydrogen-bond acceptors (Lipinski definition) is 2. The minimum Gasteiger partial charge on any atom is -0.390 e. The van der Waals surface area contributed by atoms with Gasteiger partial charge in [-0.2, -0.15) is 0 Å². The van der Waals surface area contributed by atoms with Gasteiger partial charge >= 0.3 is 0 Å². The molecule has 1 atom stereocenters. The van der Waals surface area contributed by atoms with Crippen molar-refractivity contribution in [2.45, 2.75) is 44.2 Å². The molecule has 10 heavy (non-hydrogen) atoms. The quantitative estimate of drug-likeness (QED) is 0.563. The van der Waals surface area contributed by atoms with Gasteiger partial charge in [-0.15, -0.1) is 0 Å². The van der Waals surface area contributed by atoms with Gasteiger partial charge in [-0.3, -0.25) is 5.09 Å². The van der Waals surface area contributed by atoms with E-state index >= 15 is 0 Å². The Kier molecular flexibility index (Phi) is 2.67. The molecule has 0 aromatic carbocycles. The Bertz CT molecular complexity index is 106. The largest absolute Gasteiger partial charge is 0.390 e. The fourth-order valence-electron chi connectivity index (χ4n) is 1.41. The summed E-state index contributed by atoms with van der Waals surface area (Å²) in [5, 5.41) is 12.7. The fourth-order valence-corrected chi connectivity index (χ4v) is 1.74. The molecule has 1 aliphatic carbocycles. The van der Waals surface area contributed by atoms with Crippen molar-refractivity contribution in [3.8, 4) is 0 Å². The maximum atomic E-state index is 9.55. The molecule has 0 bridgehead atoms. The van der Waals surface area contributed by atoms with Crippen LogP contribution in [0.5, 0.6) is 0 Å². The van der Waals surface area contributed by atoms with Crippen LogP contribution >= 0.6 is 9.39 Å². The molecule has 1 unspecified atom stereocenters. The van der Waals surface area contributed by atoms with Gasteiger partial charge in [0, 0.05) is 6.04 Å². The Labute approximate surface area is 64.7 Å². The summed E-state index contributed by atoms with van der Waals surface area (Å²) in [6.07, 6.45) is 4.05. The van der Waals surface area contributed by atoms with E-state index in [4.69, 9.17) is 0 Å². The molecule has 1 aliphatic rings. The van der Waals surface area contributed by atoms with Gasteiger partial charge in [0.25, 0.3) is 0 Å². The van der Waals surface area contributed by atoms with Crippen molar-refractivity contribution in [2.75, 3.05) is 0 Å². The van der Waals surface area contributed by atoms with Crippen LogP contribution in [0.1, 0.15) is 32.6 Å². The molecule has 1 rings (SSSR count). The second-order valence-electron chi connectivity index (χ2n) is 3.44. The molecule has 0 heterocycles. The van der Waals surface area contributed by atoms with Gasteiger partial charge in [-0.25, -0.2) is 0 Å². The van der Waals surface area contributed by atoms with Crippen LogP contribution in [0.2, 0.25) is 0 Å². The number of nitrogens with one attached hydrogen (secondary N) is 1. The van der Waals surface area contributed by atoms with E-state index in [2.05, 4.69) is 14.5 Å². The Morgan fingerprint density at radius 3 is 2.40 bits per heavy atom. The van der Waals surface area contributed by atoms with Crippen molar-refractivity contribution in [3.63, 3.8) is 0 Å². The number of rotatable bonds is 1. The molecule has 0 aliphatic heterocycles. The van der Waals surface area contributed by atoms with E-state index in [1.54, 1.807) is 0 Å². The summed E-state index contributed by atoms with van der Waals surface area (Å²) in [7, 11) is 2.54. The molecule has 3 heteroatoms. The highest BCUT2D eigenvalue weighted by molar-refractivity contribution is 7.13. The van der Waals surface area contributed by atoms with E-state index in [9.17, 15) is 5.11 Å². The van der Waals surface area contributed by atoms with Gasteiger partial charge < -0.3 is 5.11 Å². The summed E-state index contributed by atoms with van der Waals surface area (Å²) >= 11 is 0. The lowest BCUT2D eigenvalue weighted by atomic mass is 9.84. The minimum atomic E-state index is -0.391. The lowest BCUT2D eigenvalue weighted by Gasteiger charge is -2.32. The van der Waals surface area contributed by atoms with Gasteiger partial charge in [0.05, 0.1) is 5.60 Å². The smallest absolute Gasteiger partial charge is 0.0621 e. The summed E-state index contributed by atoms with van der Waals surface area (Å²) in [6, 6.07) is 0.602. The molecular formula is C7H16NOP. The van der Waals surface area contributed by atoms with E-state index in [0.29, 0.717) is 6.04 Å². The first-order valence-corrected chi connectivity index (χ1v) is 4.40. The second kappa shape index (κ2) is 3.17. The van der Waals surface area contributed by atoms with E-state index < -0.39 is 5.60 Å². The SMILES string of the molecule is CC1(O)CCC(NP)CC1. The van der Waals surface area contributed by atoms with Crippen molar-refractivity contribution in [1.29, 1.82) is 0 Å². The van der Waals surface area contributed by atoms with Crippen LogP contribution in [0, 0.1) is 0 Å². The van der Waals surface area contributed by atoms with Gasteiger partial charge in [0.1, 0.15) is 0 Å². The summed E-state index contributed by atoms with van der Waals surface area (Å²) < 4.78 is 0. The highest BCUT2D eigenvalue weighted by Gasteiger charge is 2.27. The number of hydrogen-bond donors (Lipinski definition) is 2. The summed E-state index contributed by atoms with van der Waals surface area (Å²) in [4.78, 5) is 0. The normalized spacial score (nSPS) is 41.7. The Balaban J connectivity index is 2.31. The molecule has 60 valence electrons. The van der Waals surface area contributed by atoms with Crippen molar-refractivity contribution >= 4 is 9.39 Å². The van der Waals surface area contributed by atoms with E-state index in [-0.39, 0.29) is 0 Å². The van der Waals surface area contributed by atoms with Crippen molar-refractivity contribution in [1.82, 2.24) is 5.09 Å². The van der Waals surface area contributed by atoms with Crippen LogP contribution in [0.3, 0.4) is 0 Å². The van der Waals surface area contributed by atoms with E-state index in [1.165, 1.54) is 0 Å². The zero-order valence-electron chi connectivity index (χ0n) is 6.43. The molecule has 0 spiro atoms. The molecule has 1 fully saturated rings. The average molecular weight is 161 g/mol. The Hall–Kier alpha value is 0.350. The van der Waals surface area contributed by atoms with Crippen molar-refractivity contribution in [3.05, 3.63) is 0 Å². The van der Waals surface area contributed by atoms with E-state index in [0.717, 1.165) is 25.7 Å². The Morgan fingerprint density at radius 1 is 1.50 bits per heavy atom. The first-order valence-electron chi connectivity index (χ1n) is 3.82. The first-order chi connectivity index (χ1) is 4.64. The molecule has 1 saturated carbocycles. The zero-order valence-corrected chi connectivity index (χ0v) is 7.59. The topological polar surface area (TPSA) is 32.3 Å². The molecule has 0 aromatic heterocycles. The number of aliphatic hydroxyl groups is 1. The third-order valence-corrected chi connectivity index (χ3v) is 2.77. The molecule has 0 radical (unpaired) electrons. The van der Waals surface area contributed by atoms with Crippen molar-refractivity contribution < 1.29 is 5.11 Å². The van der Waals surface area contributed by atoms with Gasteiger partial charge in [0.2, 0.25) is 0 Å². The second-order valence-corrected chi connectivity index (χ2v) is 3.77. The third-order valence-electron chi connectivity index (χ3n) is 2.30. The van der Waals surface area contributed by atoms with Crippen LogP contribution in [0.4, 0.5) is 0 Å². The highest BCUT2D eigenvalue weighted by atomic mass is 31.0. The standard InChI is InChI=1S/C7H16NOP/c1-7(9)4-2-6(8-10)3-5-7/h6,8-9H,2-5,10H2,1H3. The van der Waals surface area contributed by atoms with Gasteiger partial charge in [-0.1, -0.05) is 9.39 Å². The van der Waals surface area contributed by atoms with Crippen molar-refractivity contribution in [2.24, 2.45) is 0 Å². The maximum Gasteiger partial charge on any atom is 0.0621 e. The van der Waals surface area contributed by atoms with Gasteiger partial charge in [0.15, 0.2) is 0 Å². The van der Waals surface area contributed by atoms with Crippen LogP contribution < -0.4 is 5.09 Å². The summed E-state index contributed by atoms with van der Waals surface area (Å²) in [6.45, 7) is 1.92. The molecule has 2 N–H and O–H groups in total. The maximum absolute atomic E-state index is 9.55. The summed E-state index contributed by atoms with van der Waals surface area (Å²) in [5.74, 6) is 0. The monoisotopic (exact) mass is 161 g/mol. The fraction of sp³-hybridized carbons (Fsp3) is 1.00. The first kappa shape index (κ1) is 8.45.